The molecule has 21 heavy (non-hydrogen) atoms. The highest BCUT2D eigenvalue weighted by atomic mass is 35.5. The summed E-state index contributed by atoms with van der Waals surface area (Å²) in [5.41, 5.74) is 0.755. The summed E-state index contributed by atoms with van der Waals surface area (Å²) < 4.78 is 5.05. The van der Waals surface area contributed by atoms with Gasteiger partial charge < -0.3 is 14.9 Å². The summed E-state index contributed by atoms with van der Waals surface area (Å²) in [6, 6.07) is 11.0. The van der Waals surface area contributed by atoms with Crippen LogP contribution >= 0.6 is 11.6 Å². The lowest BCUT2D eigenvalue weighted by molar-refractivity contribution is -0.139. The Bertz CT molecular complexity index is 688. The van der Waals surface area contributed by atoms with Crippen molar-refractivity contribution in [1.29, 1.82) is 0 Å². The molecule has 0 spiro atoms. The summed E-state index contributed by atoms with van der Waals surface area (Å²) in [5.74, 6) is -1.08. The van der Waals surface area contributed by atoms with Crippen LogP contribution < -0.4 is 4.74 Å². The minimum Gasteiger partial charge on any atom is -0.508 e. The molecule has 0 amide bonds. The van der Waals surface area contributed by atoms with Crippen LogP contribution in [0.25, 0.3) is 0 Å². The molecular formula is C14H11ClN2O4. The molecule has 0 heterocycles. The Morgan fingerprint density at radius 3 is 2.57 bits per heavy atom. The molecule has 0 fully saturated rings. The molecule has 108 valence electrons. The van der Waals surface area contributed by atoms with Crippen molar-refractivity contribution in [3.05, 3.63) is 47.5 Å². The van der Waals surface area contributed by atoms with Crippen molar-refractivity contribution in [3.63, 3.8) is 0 Å². The van der Waals surface area contributed by atoms with E-state index in [-0.39, 0.29) is 17.2 Å². The van der Waals surface area contributed by atoms with Crippen LogP contribution in [0.1, 0.15) is 0 Å². The van der Waals surface area contributed by atoms with E-state index in [9.17, 15) is 9.90 Å². The predicted octanol–water partition coefficient (Wildman–Crippen LogP) is 3.92. The molecule has 0 atom stereocenters. The molecule has 2 aromatic rings. The highest BCUT2D eigenvalue weighted by Gasteiger charge is 2.07. The first-order chi connectivity index (χ1) is 10.1. The third-order valence-corrected chi connectivity index (χ3v) is 2.73. The first-order valence-electron chi connectivity index (χ1n) is 5.90. The first-order valence-corrected chi connectivity index (χ1v) is 6.28. The van der Waals surface area contributed by atoms with Crippen LogP contribution in [-0.2, 0) is 4.79 Å². The van der Waals surface area contributed by atoms with E-state index < -0.39 is 12.6 Å². The number of aliphatic carboxylic acids is 1. The SMILES string of the molecule is O=C(O)COc1cc(O)ccc1N=Nc1ccccc1Cl. The summed E-state index contributed by atoms with van der Waals surface area (Å²) in [5, 5.41) is 26.4. The zero-order valence-corrected chi connectivity index (χ0v) is 11.5. The van der Waals surface area contributed by atoms with Crippen molar-refractivity contribution in [2.75, 3.05) is 6.61 Å². The number of halogens is 1. The lowest BCUT2D eigenvalue weighted by Gasteiger charge is -2.06. The van der Waals surface area contributed by atoms with Crippen molar-refractivity contribution >= 4 is 28.9 Å². The van der Waals surface area contributed by atoms with E-state index in [0.717, 1.165) is 0 Å². The average molecular weight is 307 g/mol. The van der Waals surface area contributed by atoms with Crippen LogP contribution in [0.15, 0.2) is 52.7 Å². The molecule has 2 N–H and O–H groups in total. The van der Waals surface area contributed by atoms with Crippen LogP contribution in [0.4, 0.5) is 11.4 Å². The number of rotatable bonds is 5. The quantitative estimate of drug-likeness (QED) is 0.819. The first kappa shape index (κ1) is 14.8. The third kappa shape index (κ3) is 4.19. The zero-order valence-electron chi connectivity index (χ0n) is 10.7. The maximum Gasteiger partial charge on any atom is 0.341 e. The topological polar surface area (TPSA) is 91.5 Å². The third-order valence-electron chi connectivity index (χ3n) is 2.41. The highest BCUT2D eigenvalue weighted by Crippen LogP contribution is 2.33. The Morgan fingerprint density at radius 1 is 1.14 bits per heavy atom. The lowest BCUT2D eigenvalue weighted by atomic mass is 10.3. The molecule has 7 heteroatoms. The molecule has 2 rings (SSSR count). The summed E-state index contributed by atoms with van der Waals surface area (Å²) in [4.78, 5) is 10.5. The molecule has 0 saturated carbocycles. The summed E-state index contributed by atoms with van der Waals surface area (Å²) in [7, 11) is 0. The summed E-state index contributed by atoms with van der Waals surface area (Å²) in [6.07, 6.45) is 0. The highest BCUT2D eigenvalue weighted by molar-refractivity contribution is 6.32. The van der Waals surface area contributed by atoms with Gasteiger partial charge in [-0.2, -0.15) is 0 Å². The summed E-state index contributed by atoms with van der Waals surface area (Å²) in [6.45, 7) is -0.544. The van der Waals surface area contributed by atoms with Gasteiger partial charge >= 0.3 is 5.97 Å². The van der Waals surface area contributed by atoms with Crippen LogP contribution in [0.3, 0.4) is 0 Å². The second-order valence-corrected chi connectivity index (χ2v) is 4.39. The van der Waals surface area contributed by atoms with Crippen molar-refractivity contribution in [1.82, 2.24) is 0 Å². The standard InChI is InChI=1S/C14H11ClN2O4/c15-10-3-1-2-4-11(10)16-17-12-6-5-9(18)7-13(12)21-8-14(19)20/h1-7,18H,8H2,(H,19,20). The molecule has 0 aliphatic heterocycles. The molecule has 6 nitrogen and oxygen atoms in total. The molecule has 0 radical (unpaired) electrons. The Kier molecular flexibility index (Phi) is 4.73. The fourth-order valence-corrected chi connectivity index (χ4v) is 1.65. The number of ether oxygens (including phenoxy) is 1. The van der Waals surface area contributed by atoms with E-state index in [0.29, 0.717) is 10.7 Å². The van der Waals surface area contributed by atoms with E-state index in [1.54, 1.807) is 24.3 Å². The maximum atomic E-state index is 10.5. The maximum absolute atomic E-state index is 10.5. The number of benzene rings is 2. The van der Waals surface area contributed by atoms with Gasteiger partial charge in [0.2, 0.25) is 0 Å². The van der Waals surface area contributed by atoms with Crippen LogP contribution in [0, 0.1) is 0 Å². The van der Waals surface area contributed by atoms with Gasteiger partial charge in [-0.1, -0.05) is 23.7 Å². The van der Waals surface area contributed by atoms with Gasteiger partial charge in [0, 0.05) is 6.07 Å². The van der Waals surface area contributed by atoms with E-state index in [2.05, 4.69) is 10.2 Å². The smallest absolute Gasteiger partial charge is 0.341 e. The van der Waals surface area contributed by atoms with Crippen molar-refractivity contribution < 1.29 is 19.7 Å². The Hall–Kier alpha value is -2.60. The Labute approximate surface area is 125 Å². The van der Waals surface area contributed by atoms with Crippen LogP contribution in [0.5, 0.6) is 11.5 Å². The average Bonchev–Trinajstić information content (AvgIpc) is 2.45. The van der Waals surface area contributed by atoms with Gasteiger partial charge in [-0.3, -0.25) is 0 Å². The lowest BCUT2D eigenvalue weighted by Crippen LogP contribution is -2.09. The van der Waals surface area contributed by atoms with Gasteiger partial charge in [-0.15, -0.1) is 10.2 Å². The normalized spacial score (nSPS) is 10.7. The van der Waals surface area contributed by atoms with Crippen molar-refractivity contribution in [3.8, 4) is 11.5 Å². The zero-order chi connectivity index (χ0) is 15.2. The second kappa shape index (κ2) is 6.71. The largest absolute Gasteiger partial charge is 0.508 e. The van der Waals surface area contributed by atoms with Crippen LogP contribution in [-0.4, -0.2) is 22.8 Å². The van der Waals surface area contributed by atoms with Gasteiger partial charge in [0.05, 0.1) is 5.02 Å². The van der Waals surface area contributed by atoms with Gasteiger partial charge in [-0.05, 0) is 24.3 Å². The molecule has 0 unspecified atom stereocenters. The van der Waals surface area contributed by atoms with Crippen LogP contribution in [0.2, 0.25) is 5.02 Å². The molecule has 2 aromatic carbocycles. The molecular weight excluding hydrogens is 296 g/mol. The van der Waals surface area contributed by atoms with E-state index in [4.69, 9.17) is 21.4 Å². The summed E-state index contributed by atoms with van der Waals surface area (Å²) >= 11 is 5.96. The van der Waals surface area contributed by atoms with E-state index in [1.807, 2.05) is 0 Å². The number of azo groups is 1. The fourth-order valence-electron chi connectivity index (χ4n) is 1.48. The predicted molar refractivity (Wildman–Crippen MR) is 76.9 cm³/mol. The molecule has 0 bridgehead atoms. The van der Waals surface area contributed by atoms with E-state index in [1.165, 1.54) is 18.2 Å². The number of carboxylic acid groups (broad SMARTS) is 1. The fraction of sp³-hybridized carbons (Fsp3) is 0.0714. The minimum atomic E-state index is -1.13. The number of hydrogen-bond donors (Lipinski definition) is 2. The number of aromatic hydroxyl groups is 1. The molecule has 0 aliphatic carbocycles. The van der Waals surface area contributed by atoms with Gasteiger partial charge in [0.15, 0.2) is 12.4 Å². The van der Waals surface area contributed by atoms with Crippen molar-refractivity contribution in [2.24, 2.45) is 10.2 Å². The molecule has 0 aliphatic rings. The molecule has 0 saturated heterocycles. The van der Waals surface area contributed by atoms with Gasteiger partial charge in [-0.25, -0.2) is 4.79 Å². The Balaban J connectivity index is 2.26. The number of carbonyl (C=O) groups is 1. The number of nitrogens with zero attached hydrogens (tertiary/aromatic N) is 2. The van der Waals surface area contributed by atoms with Crippen molar-refractivity contribution in [2.45, 2.75) is 0 Å². The van der Waals surface area contributed by atoms with E-state index >= 15 is 0 Å². The number of hydrogen-bond acceptors (Lipinski definition) is 5. The van der Waals surface area contributed by atoms with Gasteiger partial charge in [0.1, 0.15) is 17.1 Å². The second-order valence-electron chi connectivity index (χ2n) is 3.99. The Morgan fingerprint density at radius 2 is 1.86 bits per heavy atom. The molecule has 0 aromatic heterocycles. The number of phenolic OH excluding ortho intramolecular Hbond substituents is 1. The number of phenols is 1. The van der Waals surface area contributed by atoms with Gasteiger partial charge in [0.25, 0.3) is 0 Å². The minimum absolute atomic E-state index is 0.0629. The monoisotopic (exact) mass is 306 g/mol. The number of carboxylic acids is 1.